The highest BCUT2D eigenvalue weighted by molar-refractivity contribution is 6.22. The molecule has 0 aromatic heterocycles. The van der Waals surface area contributed by atoms with Gasteiger partial charge in [-0.3, -0.25) is 19.2 Å². The second-order valence-corrected chi connectivity index (χ2v) is 8.39. The molecule has 0 heterocycles. The highest BCUT2D eigenvalue weighted by Gasteiger charge is 2.46. The van der Waals surface area contributed by atoms with Crippen molar-refractivity contribution in [2.45, 2.75) is 85.0 Å². The Hall–Kier alpha value is -1.56. The van der Waals surface area contributed by atoms with Gasteiger partial charge in [0.2, 0.25) is 0 Å². The fraction of sp³-hybridized carbons (Fsp3) is 0.826. The van der Waals surface area contributed by atoms with Gasteiger partial charge < -0.3 is 10.0 Å². The first kappa shape index (κ1) is 25.5. The van der Waals surface area contributed by atoms with Gasteiger partial charge in [-0.25, -0.2) is 0 Å². The second-order valence-electron chi connectivity index (χ2n) is 8.39. The highest BCUT2D eigenvalue weighted by atomic mass is 16.4. The molecule has 0 aliphatic heterocycles. The quantitative estimate of drug-likeness (QED) is 0.492. The average Bonchev–Trinajstić information content (AvgIpc) is 3.52. The van der Waals surface area contributed by atoms with E-state index in [0.29, 0.717) is 0 Å². The molecule has 0 aromatic rings. The van der Waals surface area contributed by atoms with Crippen molar-refractivity contribution >= 4 is 23.3 Å². The van der Waals surface area contributed by atoms with Crippen LogP contribution in [0.2, 0.25) is 0 Å². The number of rotatable bonds is 12. The van der Waals surface area contributed by atoms with E-state index in [1.807, 2.05) is 0 Å². The van der Waals surface area contributed by atoms with E-state index in [0.717, 1.165) is 12.8 Å². The Morgan fingerprint density at radius 2 is 1.24 bits per heavy atom. The summed E-state index contributed by atoms with van der Waals surface area (Å²) in [5, 5.41) is 8.73. The minimum atomic E-state index is -1.16. The van der Waals surface area contributed by atoms with Crippen LogP contribution < -0.4 is 0 Å². The summed E-state index contributed by atoms with van der Waals surface area (Å²) in [7, 11) is 0. The van der Waals surface area contributed by atoms with Gasteiger partial charge in [0, 0.05) is 18.8 Å². The second kappa shape index (κ2) is 13.6. The Balaban J connectivity index is 0.000000298. The van der Waals surface area contributed by atoms with Gasteiger partial charge in [-0.15, -0.1) is 0 Å². The molecule has 1 N–H and O–H groups in total. The number of aliphatic carboxylic acids is 1. The molecule has 2 rings (SSSR count). The standard InChI is InChI=1S/C12H27N.C11H12O5/c1-4-7-10-13(11-8-5-2)12-9-6-3;12-7-3-6(11(15)16)4-8(13)9(7)10(14)5-1-2-5/h4-12H2,1-3H3;5-6,9H,1-4H2,(H,15,16). The largest absolute Gasteiger partial charge is 0.481 e. The summed E-state index contributed by atoms with van der Waals surface area (Å²) in [6.07, 6.45) is 9.21. The monoisotopic (exact) mass is 409 g/mol. The predicted molar refractivity (Wildman–Crippen MR) is 113 cm³/mol. The van der Waals surface area contributed by atoms with Gasteiger partial charge in [-0.1, -0.05) is 40.0 Å². The Morgan fingerprint density at radius 1 is 0.828 bits per heavy atom. The molecule has 2 fully saturated rings. The first-order chi connectivity index (χ1) is 13.8. The lowest BCUT2D eigenvalue weighted by molar-refractivity contribution is -0.153. The summed E-state index contributed by atoms with van der Waals surface area (Å²) in [4.78, 5) is 48.2. The van der Waals surface area contributed by atoms with Crippen molar-refractivity contribution in [3.8, 4) is 0 Å². The van der Waals surface area contributed by atoms with Gasteiger partial charge in [-0.2, -0.15) is 0 Å². The highest BCUT2D eigenvalue weighted by Crippen LogP contribution is 2.35. The van der Waals surface area contributed by atoms with Crippen LogP contribution in [0.4, 0.5) is 0 Å². The van der Waals surface area contributed by atoms with E-state index in [9.17, 15) is 19.2 Å². The Labute approximate surface area is 175 Å². The maximum Gasteiger partial charge on any atom is 0.307 e. The fourth-order valence-corrected chi connectivity index (χ4v) is 3.55. The molecule has 166 valence electrons. The van der Waals surface area contributed by atoms with Crippen molar-refractivity contribution in [1.29, 1.82) is 0 Å². The van der Waals surface area contributed by atoms with E-state index in [2.05, 4.69) is 25.7 Å². The van der Waals surface area contributed by atoms with Crippen LogP contribution in [0.15, 0.2) is 0 Å². The van der Waals surface area contributed by atoms with E-state index >= 15 is 0 Å². The first-order valence-electron chi connectivity index (χ1n) is 11.4. The van der Waals surface area contributed by atoms with Gasteiger partial charge in [-0.05, 0) is 51.7 Å². The summed E-state index contributed by atoms with van der Waals surface area (Å²) in [5.74, 6) is -4.70. The van der Waals surface area contributed by atoms with Gasteiger partial charge in [0.15, 0.2) is 17.3 Å². The Morgan fingerprint density at radius 3 is 1.55 bits per heavy atom. The molecular weight excluding hydrogens is 370 g/mol. The summed E-state index contributed by atoms with van der Waals surface area (Å²) in [6.45, 7) is 10.8. The van der Waals surface area contributed by atoms with Crippen molar-refractivity contribution < 1.29 is 24.3 Å². The number of carbonyl (C=O) groups excluding carboxylic acids is 3. The van der Waals surface area contributed by atoms with E-state index in [1.165, 1.54) is 58.2 Å². The van der Waals surface area contributed by atoms with Crippen molar-refractivity contribution in [3.63, 3.8) is 0 Å². The lowest BCUT2D eigenvalue weighted by Crippen LogP contribution is -2.41. The Bertz CT molecular complexity index is 518. The lowest BCUT2D eigenvalue weighted by atomic mass is 9.77. The normalized spacial score (nSPS) is 21.7. The number of Topliss-reactive ketones (excluding diaryl/α,β-unsaturated/α-hetero) is 3. The number of hydrogen-bond acceptors (Lipinski definition) is 5. The molecular formula is C23H39NO5. The van der Waals surface area contributed by atoms with Crippen LogP contribution in [0.5, 0.6) is 0 Å². The lowest BCUT2D eigenvalue weighted by Gasteiger charge is -2.22. The number of carboxylic acids is 1. The number of carbonyl (C=O) groups is 4. The molecule has 6 heteroatoms. The van der Waals surface area contributed by atoms with Gasteiger partial charge >= 0.3 is 5.97 Å². The predicted octanol–water partition coefficient (Wildman–Crippen LogP) is 3.90. The molecule has 0 saturated heterocycles. The molecule has 0 aromatic carbocycles. The SMILES string of the molecule is CCCCN(CCCC)CCCC.O=C(O)C1CC(=O)C(C(=O)C2CC2)C(=O)C1. The zero-order valence-electron chi connectivity index (χ0n) is 18.5. The number of hydrogen-bond donors (Lipinski definition) is 1. The Kier molecular flexibility index (Phi) is 12.0. The van der Waals surface area contributed by atoms with Crippen LogP contribution >= 0.6 is 0 Å². The molecule has 2 saturated carbocycles. The zero-order valence-corrected chi connectivity index (χ0v) is 18.5. The number of nitrogens with zero attached hydrogens (tertiary/aromatic N) is 1. The smallest absolute Gasteiger partial charge is 0.307 e. The minimum absolute atomic E-state index is 0.140. The van der Waals surface area contributed by atoms with E-state index < -0.39 is 29.4 Å². The molecule has 6 nitrogen and oxygen atoms in total. The maximum atomic E-state index is 11.7. The van der Waals surface area contributed by atoms with Crippen LogP contribution in [-0.2, 0) is 19.2 Å². The van der Waals surface area contributed by atoms with Gasteiger partial charge in [0.05, 0.1) is 5.92 Å². The summed E-state index contributed by atoms with van der Waals surface area (Å²) < 4.78 is 0. The summed E-state index contributed by atoms with van der Waals surface area (Å²) >= 11 is 0. The van der Waals surface area contributed by atoms with Crippen LogP contribution in [0.25, 0.3) is 0 Å². The number of unbranched alkanes of at least 4 members (excludes halogenated alkanes) is 3. The van der Waals surface area contributed by atoms with Gasteiger partial charge in [0.1, 0.15) is 5.92 Å². The third-order valence-electron chi connectivity index (χ3n) is 5.64. The van der Waals surface area contributed by atoms with Crippen molar-refractivity contribution in [1.82, 2.24) is 4.90 Å². The van der Waals surface area contributed by atoms with E-state index in [-0.39, 0.29) is 24.5 Å². The van der Waals surface area contributed by atoms with E-state index in [1.54, 1.807) is 0 Å². The molecule has 0 unspecified atom stereocenters. The zero-order chi connectivity index (χ0) is 21.8. The first-order valence-corrected chi connectivity index (χ1v) is 11.4. The van der Waals surface area contributed by atoms with Crippen LogP contribution in [-0.4, -0.2) is 53.0 Å². The number of ketones is 3. The molecule has 2 aliphatic rings. The molecule has 0 spiro atoms. The summed E-state index contributed by atoms with van der Waals surface area (Å²) in [5.41, 5.74) is 0. The molecule has 2 aliphatic carbocycles. The van der Waals surface area contributed by atoms with Crippen molar-refractivity contribution in [3.05, 3.63) is 0 Å². The molecule has 0 bridgehead atoms. The molecule has 0 amide bonds. The molecule has 0 radical (unpaired) electrons. The van der Waals surface area contributed by atoms with Crippen LogP contribution in [0.3, 0.4) is 0 Å². The average molecular weight is 410 g/mol. The summed E-state index contributed by atoms with van der Waals surface area (Å²) in [6, 6.07) is 0. The number of carboxylic acid groups (broad SMARTS) is 1. The van der Waals surface area contributed by atoms with Crippen LogP contribution in [0.1, 0.15) is 85.0 Å². The van der Waals surface area contributed by atoms with Crippen LogP contribution in [0, 0.1) is 17.8 Å². The molecule has 29 heavy (non-hydrogen) atoms. The van der Waals surface area contributed by atoms with E-state index in [4.69, 9.17) is 5.11 Å². The topological polar surface area (TPSA) is 91.8 Å². The molecule has 0 atom stereocenters. The van der Waals surface area contributed by atoms with Crippen molar-refractivity contribution in [2.24, 2.45) is 17.8 Å². The maximum absolute atomic E-state index is 11.7. The van der Waals surface area contributed by atoms with Gasteiger partial charge in [0.25, 0.3) is 0 Å². The van der Waals surface area contributed by atoms with Crippen molar-refractivity contribution in [2.75, 3.05) is 19.6 Å². The minimum Gasteiger partial charge on any atom is -0.481 e. The third kappa shape index (κ3) is 9.20. The third-order valence-corrected chi connectivity index (χ3v) is 5.64. The fourth-order valence-electron chi connectivity index (χ4n) is 3.55.